The number of carbonyl (C=O) groups is 1. The highest BCUT2D eigenvalue weighted by atomic mass is 79.9. The fourth-order valence-corrected chi connectivity index (χ4v) is 1.69. The Balaban J connectivity index is 2.68. The van der Waals surface area contributed by atoms with E-state index in [0.717, 1.165) is 10.0 Å². The second-order valence-electron chi connectivity index (χ2n) is 3.46. The molecule has 0 bridgehead atoms. The summed E-state index contributed by atoms with van der Waals surface area (Å²) in [7, 11) is 1.56. The molecule has 0 fully saturated rings. The van der Waals surface area contributed by atoms with Gasteiger partial charge in [0.15, 0.2) is 0 Å². The Kier molecular flexibility index (Phi) is 5.40. The second kappa shape index (κ2) is 6.58. The first-order chi connectivity index (χ1) is 8.08. The topological polar surface area (TPSA) is 84.6 Å². The standard InChI is InChI=1S/C11H15BrN2O3/c1-17-10-3-2-8(12)4-7(10)5-14-11(16)9(13)6-15/h2-4,9,15H,5-6,13H2,1H3,(H,14,16). The van der Waals surface area contributed by atoms with Crippen molar-refractivity contribution < 1.29 is 14.6 Å². The van der Waals surface area contributed by atoms with E-state index in [9.17, 15) is 4.79 Å². The number of amides is 1. The van der Waals surface area contributed by atoms with Crippen LogP contribution in [0.1, 0.15) is 5.56 Å². The molecule has 0 heterocycles. The molecule has 1 aromatic rings. The van der Waals surface area contributed by atoms with Crippen molar-refractivity contribution in [2.24, 2.45) is 5.73 Å². The van der Waals surface area contributed by atoms with Crippen molar-refractivity contribution in [2.45, 2.75) is 12.6 Å². The average Bonchev–Trinajstić information content (AvgIpc) is 2.35. The molecule has 94 valence electrons. The minimum atomic E-state index is -0.895. The average molecular weight is 303 g/mol. The van der Waals surface area contributed by atoms with Crippen LogP contribution < -0.4 is 15.8 Å². The number of hydrogen-bond donors (Lipinski definition) is 3. The Morgan fingerprint density at radius 3 is 2.94 bits per heavy atom. The fraction of sp³-hybridized carbons (Fsp3) is 0.364. The van der Waals surface area contributed by atoms with E-state index in [2.05, 4.69) is 21.2 Å². The third-order valence-electron chi connectivity index (χ3n) is 2.23. The summed E-state index contributed by atoms with van der Waals surface area (Å²) < 4.78 is 6.06. The van der Waals surface area contributed by atoms with Gasteiger partial charge in [0.05, 0.1) is 13.7 Å². The molecule has 0 saturated carbocycles. The number of aliphatic hydroxyl groups is 1. The number of aliphatic hydroxyl groups excluding tert-OH is 1. The van der Waals surface area contributed by atoms with Crippen molar-refractivity contribution in [2.75, 3.05) is 13.7 Å². The van der Waals surface area contributed by atoms with E-state index in [1.54, 1.807) is 13.2 Å². The van der Waals surface area contributed by atoms with Gasteiger partial charge >= 0.3 is 0 Å². The smallest absolute Gasteiger partial charge is 0.239 e. The number of nitrogens with two attached hydrogens (primary N) is 1. The quantitative estimate of drug-likeness (QED) is 0.735. The van der Waals surface area contributed by atoms with Gasteiger partial charge in [0, 0.05) is 16.6 Å². The number of rotatable bonds is 5. The van der Waals surface area contributed by atoms with Gasteiger partial charge in [-0.05, 0) is 18.2 Å². The van der Waals surface area contributed by atoms with Crippen LogP contribution in [-0.4, -0.2) is 30.8 Å². The summed E-state index contributed by atoms with van der Waals surface area (Å²) in [5.41, 5.74) is 6.21. The van der Waals surface area contributed by atoms with E-state index in [4.69, 9.17) is 15.6 Å². The van der Waals surface area contributed by atoms with Crippen LogP contribution in [0.2, 0.25) is 0 Å². The lowest BCUT2D eigenvalue weighted by Crippen LogP contribution is -2.42. The number of methoxy groups -OCH3 is 1. The third kappa shape index (κ3) is 3.99. The third-order valence-corrected chi connectivity index (χ3v) is 2.72. The highest BCUT2D eigenvalue weighted by Crippen LogP contribution is 2.22. The van der Waals surface area contributed by atoms with E-state index in [1.807, 2.05) is 12.1 Å². The van der Waals surface area contributed by atoms with Crippen molar-refractivity contribution in [1.29, 1.82) is 0 Å². The molecule has 0 radical (unpaired) electrons. The van der Waals surface area contributed by atoms with E-state index in [1.165, 1.54) is 0 Å². The second-order valence-corrected chi connectivity index (χ2v) is 4.38. The van der Waals surface area contributed by atoms with E-state index in [0.29, 0.717) is 12.3 Å². The minimum absolute atomic E-state index is 0.301. The summed E-state index contributed by atoms with van der Waals surface area (Å²) in [6.07, 6.45) is 0. The van der Waals surface area contributed by atoms with Crippen molar-refractivity contribution in [3.05, 3.63) is 28.2 Å². The predicted molar refractivity (Wildman–Crippen MR) is 67.6 cm³/mol. The van der Waals surface area contributed by atoms with Crippen LogP contribution in [0.4, 0.5) is 0 Å². The van der Waals surface area contributed by atoms with E-state index < -0.39 is 11.9 Å². The molecule has 6 heteroatoms. The first-order valence-corrected chi connectivity index (χ1v) is 5.84. The number of benzene rings is 1. The Morgan fingerprint density at radius 2 is 2.35 bits per heavy atom. The van der Waals surface area contributed by atoms with Crippen LogP contribution in [0.5, 0.6) is 5.75 Å². The molecular weight excluding hydrogens is 288 g/mol. The Morgan fingerprint density at radius 1 is 1.65 bits per heavy atom. The molecule has 1 amide bonds. The van der Waals surface area contributed by atoms with Gasteiger partial charge in [-0.1, -0.05) is 15.9 Å². The lowest BCUT2D eigenvalue weighted by atomic mass is 10.2. The van der Waals surface area contributed by atoms with Gasteiger partial charge in [-0.3, -0.25) is 4.79 Å². The normalized spacial score (nSPS) is 12.0. The molecule has 4 N–H and O–H groups in total. The number of hydrogen-bond acceptors (Lipinski definition) is 4. The van der Waals surface area contributed by atoms with Crippen LogP contribution in [0, 0.1) is 0 Å². The fourth-order valence-electron chi connectivity index (χ4n) is 1.28. The monoisotopic (exact) mass is 302 g/mol. The summed E-state index contributed by atoms with van der Waals surface area (Å²) in [4.78, 5) is 11.4. The van der Waals surface area contributed by atoms with Gasteiger partial charge in [0.1, 0.15) is 11.8 Å². The zero-order chi connectivity index (χ0) is 12.8. The summed E-state index contributed by atoms with van der Waals surface area (Å²) in [6.45, 7) is -0.0728. The highest BCUT2D eigenvalue weighted by Gasteiger charge is 2.12. The van der Waals surface area contributed by atoms with Crippen molar-refractivity contribution in [3.8, 4) is 5.75 Å². The summed E-state index contributed by atoms with van der Waals surface area (Å²) in [5, 5.41) is 11.4. The number of ether oxygens (including phenoxy) is 1. The zero-order valence-electron chi connectivity index (χ0n) is 9.44. The largest absolute Gasteiger partial charge is 0.496 e. The van der Waals surface area contributed by atoms with Crippen LogP contribution in [0.25, 0.3) is 0 Å². The van der Waals surface area contributed by atoms with E-state index in [-0.39, 0.29) is 6.61 Å². The first-order valence-electron chi connectivity index (χ1n) is 5.05. The summed E-state index contributed by atoms with van der Waals surface area (Å²) >= 11 is 3.34. The molecule has 1 unspecified atom stereocenters. The molecule has 17 heavy (non-hydrogen) atoms. The van der Waals surface area contributed by atoms with Gasteiger partial charge in [-0.15, -0.1) is 0 Å². The van der Waals surface area contributed by atoms with Crippen LogP contribution in [-0.2, 0) is 11.3 Å². The molecule has 0 aliphatic carbocycles. The zero-order valence-corrected chi connectivity index (χ0v) is 11.0. The lowest BCUT2D eigenvalue weighted by Gasteiger charge is -2.12. The van der Waals surface area contributed by atoms with Crippen molar-refractivity contribution >= 4 is 21.8 Å². The maximum atomic E-state index is 11.4. The molecule has 1 aromatic carbocycles. The number of nitrogens with one attached hydrogen (secondary N) is 1. The molecule has 1 atom stereocenters. The molecule has 1 rings (SSSR count). The van der Waals surface area contributed by atoms with Gasteiger partial charge in [0.2, 0.25) is 5.91 Å². The number of halogens is 1. The molecule has 0 saturated heterocycles. The molecular formula is C11H15BrN2O3. The minimum Gasteiger partial charge on any atom is -0.496 e. The highest BCUT2D eigenvalue weighted by molar-refractivity contribution is 9.10. The SMILES string of the molecule is COc1ccc(Br)cc1CNC(=O)C(N)CO. The Labute approximate surface area is 108 Å². The van der Waals surface area contributed by atoms with Gasteiger partial charge in [-0.25, -0.2) is 0 Å². The Bertz CT molecular complexity index is 398. The number of carbonyl (C=O) groups excluding carboxylic acids is 1. The lowest BCUT2D eigenvalue weighted by molar-refractivity contribution is -0.123. The summed E-state index contributed by atoms with van der Waals surface area (Å²) in [5.74, 6) is 0.292. The summed E-state index contributed by atoms with van der Waals surface area (Å²) in [6, 6.07) is 4.61. The van der Waals surface area contributed by atoms with Crippen molar-refractivity contribution in [1.82, 2.24) is 5.32 Å². The maximum Gasteiger partial charge on any atom is 0.239 e. The van der Waals surface area contributed by atoms with Gasteiger partial charge in [-0.2, -0.15) is 0 Å². The van der Waals surface area contributed by atoms with Gasteiger partial charge < -0.3 is 20.9 Å². The molecule has 0 spiro atoms. The Hall–Kier alpha value is -1.11. The van der Waals surface area contributed by atoms with Crippen molar-refractivity contribution in [3.63, 3.8) is 0 Å². The van der Waals surface area contributed by atoms with Crippen LogP contribution in [0.15, 0.2) is 22.7 Å². The van der Waals surface area contributed by atoms with Gasteiger partial charge in [0.25, 0.3) is 0 Å². The molecule has 0 aliphatic heterocycles. The first kappa shape index (κ1) is 14.0. The predicted octanol–water partition coefficient (Wildman–Crippen LogP) is 0.394. The molecule has 0 aliphatic rings. The molecule has 0 aromatic heterocycles. The maximum absolute atomic E-state index is 11.4. The van der Waals surface area contributed by atoms with Crippen LogP contribution in [0.3, 0.4) is 0 Å². The van der Waals surface area contributed by atoms with Crippen LogP contribution >= 0.6 is 15.9 Å². The van der Waals surface area contributed by atoms with E-state index >= 15 is 0 Å². The molecule has 5 nitrogen and oxygen atoms in total.